The molecule has 0 amide bonds. The largest absolute Gasteiger partial charge is 0.378 e. The maximum Gasteiger partial charge on any atom is 0.213 e. The van der Waals surface area contributed by atoms with Crippen LogP contribution in [0.15, 0.2) is 4.99 Å². The highest BCUT2D eigenvalue weighted by Crippen LogP contribution is 2.15. The van der Waals surface area contributed by atoms with Crippen molar-refractivity contribution >= 4 is 5.96 Å². The van der Waals surface area contributed by atoms with Crippen molar-refractivity contribution in [1.82, 2.24) is 5.48 Å². The zero-order valence-electron chi connectivity index (χ0n) is 7.16. The number of ether oxygens (including phenoxy) is 1. The number of nitrogens with two attached hydrogens (primary N) is 1. The topological polar surface area (TPSA) is 79.9 Å². The summed E-state index contributed by atoms with van der Waals surface area (Å²) in [5, 5.41) is 8.39. The van der Waals surface area contributed by atoms with Gasteiger partial charge in [0.1, 0.15) is 0 Å². The van der Waals surface area contributed by atoms with E-state index >= 15 is 0 Å². The second-order valence-electron chi connectivity index (χ2n) is 2.99. The summed E-state index contributed by atoms with van der Waals surface area (Å²) in [4.78, 5) is 4.06. The number of hydroxylamine groups is 1. The number of aliphatic imine (C=N–C) groups is 1. The first-order valence-corrected chi connectivity index (χ1v) is 4.07. The van der Waals surface area contributed by atoms with E-state index in [1.54, 1.807) is 0 Å². The SMILES string of the molecule is CC1CC(N=C(N)NO)CCO1. The minimum absolute atomic E-state index is 0.0779. The van der Waals surface area contributed by atoms with Crippen LogP contribution in [0.3, 0.4) is 0 Å². The van der Waals surface area contributed by atoms with Crippen LogP contribution in [0.2, 0.25) is 0 Å². The summed E-state index contributed by atoms with van der Waals surface area (Å²) in [6.45, 7) is 2.72. The zero-order valence-corrected chi connectivity index (χ0v) is 7.16. The van der Waals surface area contributed by atoms with Crippen LogP contribution in [0, 0.1) is 0 Å². The minimum atomic E-state index is 0.0779. The van der Waals surface area contributed by atoms with Gasteiger partial charge in [-0.05, 0) is 19.8 Å². The summed E-state index contributed by atoms with van der Waals surface area (Å²) in [6.07, 6.45) is 1.97. The van der Waals surface area contributed by atoms with Gasteiger partial charge in [0, 0.05) is 6.61 Å². The molecule has 2 unspecified atom stereocenters. The highest BCUT2D eigenvalue weighted by Gasteiger charge is 2.18. The number of nitrogens with zero attached hydrogens (tertiary/aromatic N) is 1. The van der Waals surface area contributed by atoms with Crippen molar-refractivity contribution < 1.29 is 9.94 Å². The van der Waals surface area contributed by atoms with Crippen molar-refractivity contribution in [2.75, 3.05) is 6.61 Å². The van der Waals surface area contributed by atoms with E-state index in [0.29, 0.717) is 6.61 Å². The Bertz CT molecular complexity index is 172. The molecular weight excluding hydrogens is 158 g/mol. The smallest absolute Gasteiger partial charge is 0.213 e. The van der Waals surface area contributed by atoms with Crippen molar-refractivity contribution in [1.29, 1.82) is 0 Å². The number of rotatable bonds is 1. The van der Waals surface area contributed by atoms with Crippen LogP contribution < -0.4 is 11.2 Å². The van der Waals surface area contributed by atoms with E-state index in [-0.39, 0.29) is 18.1 Å². The molecule has 5 heteroatoms. The van der Waals surface area contributed by atoms with Gasteiger partial charge in [0.15, 0.2) is 0 Å². The lowest BCUT2D eigenvalue weighted by Gasteiger charge is -2.24. The van der Waals surface area contributed by atoms with Crippen molar-refractivity contribution in [3.8, 4) is 0 Å². The molecule has 0 bridgehead atoms. The summed E-state index contributed by atoms with van der Waals surface area (Å²) in [6, 6.07) is 0.174. The molecular formula is C7H15N3O2. The molecule has 2 atom stereocenters. The lowest BCUT2D eigenvalue weighted by molar-refractivity contribution is 0.0202. The fourth-order valence-corrected chi connectivity index (χ4v) is 1.32. The first-order chi connectivity index (χ1) is 5.72. The molecule has 0 spiro atoms. The molecule has 12 heavy (non-hydrogen) atoms. The highest BCUT2D eigenvalue weighted by molar-refractivity contribution is 5.76. The van der Waals surface area contributed by atoms with Gasteiger partial charge in [0.05, 0.1) is 12.1 Å². The van der Waals surface area contributed by atoms with Gasteiger partial charge < -0.3 is 10.5 Å². The highest BCUT2D eigenvalue weighted by atomic mass is 16.5. The van der Waals surface area contributed by atoms with Crippen molar-refractivity contribution in [3.05, 3.63) is 0 Å². The Morgan fingerprint density at radius 3 is 3.08 bits per heavy atom. The molecule has 1 aliphatic heterocycles. The first kappa shape index (κ1) is 9.28. The molecule has 1 aliphatic rings. The summed E-state index contributed by atoms with van der Waals surface area (Å²) >= 11 is 0. The fraction of sp³-hybridized carbons (Fsp3) is 0.857. The molecule has 0 aliphatic carbocycles. The van der Waals surface area contributed by atoms with Crippen LogP contribution in [-0.4, -0.2) is 29.9 Å². The average Bonchev–Trinajstić information content (AvgIpc) is 2.04. The minimum Gasteiger partial charge on any atom is -0.378 e. The molecule has 70 valence electrons. The Labute approximate surface area is 71.6 Å². The Hall–Kier alpha value is -0.810. The lowest BCUT2D eigenvalue weighted by Crippen LogP contribution is -2.33. The van der Waals surface area contributed by atoms with Crippen molar-refractivity contribution in [2.45, 2.75) is 31.9 Å². The maximum atomic E-state index is 8.39. The second-order valence-corrected chi connectivity index (χ2v) is 2.99. The number of hydrogen-bond donors (Lipinski definition) is 3. The number of nitrogens with one attached hydrogen (secondary N) is 1. The van der Waals surface area contributed by atoms with E-state index in [2.05, 4.69) is 4.99 Å². The summed E-state index contributed by atoms with van der Waals surface area (Å²) in [7, 11) is 0. The quantitative estimate of drug-likeness (QED) is 0.292. The maximum absolute atomic E-state index is 8.39. The van der Waals surface area contributed by atoms with Gasteiger partial charge >= 0.3 is 0 Å². The van der Waals surface area contributed by atoms with Gasteiger partial charge in [0.25, 0.3) is 0 Å². The first-order valence-electron chi connectivity index (χ1n) is 4.07. The third kappa shape index (κ3) is 2.67. The molecule has 0 aromatic rings. The van der Waals surface area contributed by atoms with Crippen LogP contribution in [0.1, 0.15) is 19.8 Å². The second kappa shape index (κ2) is 4.27. The lowest BCUT2D eigenvalue weighted by atomic mass is 10.1. The molecule has 0 radical (unpaired) electrons. The molecule has 1 rings (SSSR count). The summed E-state index contributed by atoms with van der Waals surface area (Å²) < 4.78 is 5.33. The Morgan fingerprint density at radius 2 is 2.50 bits per heavy atom. The monoisotopic (exact) mass is 173 g/mol. The van der Waals surface area contributed by atoms with Crippen LogP contribution in [0.25, 0.3) is 0 Å². The third-order valence-corrected chi connectivity index (χ3v) is 1.89. The predicted molar refractivity (Wildman–Crippen MR) is 45.0 cm³/mol. The van der Waals surface area contributed by atoms with E-state index < -0.39 is 0 Å². The zero-order chi connectivity index (χ0) is 8.97. The van der Waals surface area contributed by atoms with E-state index in [4.69, 9.17) is 15.7 Å². The standard InChI is InChI=1S/C7H15N3O2/c1-5-4-6(2-3-12-5)9-7(8)10-11/h5-6,11H,2-4H2,1H3,(H3,8,9,10). The van der Waals surface area contributed by atoms with Crippen LogP contribution in [0.4, 0.5) is 0 Å². The van der Waals surface area contributed by atoms with Gasteiger partial charge in [-0.15, -0.1) is 0 Å². The van der Waals surface area contributed by atoms with Gasteiger partial charge in [-0.25, -0.2) is 10.5 Å². The van der Waals surface area contributed by atoms with Gasteiger partial charge in [-0.2, -0.15) is 0 Å². The van der Waals surface area contributed by atoms with E-state index in [1.165, 1.54) is 0 Å². The predicted octanol–water partition coefficient (Wildman–Crippen LogP) is -0.153. The van der Waals surface area contributed by atoms with Crippen LogP contribution >= 0.6 is 0 Å². The molecule has 0 saturated carbocycles. The number of guanidine groups is 1. The van der Waals surface area contributed by atoms with E-state index in [1.807, 2.05) is 12.4 Å². The summed E-state index contributed by atoms with van der Waals surface area (Å²) in [5.41, 5.74) is 7.11. The Morgan fingerprint density at radius 1 is 1.75 bits per heavy atom. The van der Waals surface area contributed by atoms with Gasteiger partial charge in [-0.1, -0.05) is 0 Å². The number of hydrogen-bond acceptors (Lipinski definition) is 3. The normalized spacial score (nSPS) is 31.7. The van der Waals surface area contributed by atoms with Gasteiger partial charge in [-0.3, -0.25) is 5.21 Å². The molecule has 4 N–H and O–H groups in total. The third-order valence-electron chi connectivity index (χ3n) is 1.89. The Balaban J connectivity index is 2.41. The Kier molecular flexibility index (Phi) is 3.31. The van der Waals surface area contributed by atoms with E-state index in [0.717, 1.165) is 12.8 Å². The molecule has 5 nitrogen and oxygen atoms in total. The van der Waals surface area contributed by atoms with Crippen molar-refractivity contribution in [2.24, 2.45) is 10.7 Å². The van der Waals surface area contributed by atoms with Gasteiger partial charge in [0.2, 0.25) is 5.96 Å². The average molecular weight is 173 g/mol. The molecule has 1 saturated heterocycles. The van der Waals surface area contributed by atoms with Crippen LogP contribution in [0.5, 0.6) is 0 Å². The summed E-state index contributed by atoms with van der Waals surface area (Å²) in [5.74, 6) is 0.0779. The van der Waals surface area contributed by atoms with Crippen molar-refractivity contribution in [3.63, 3.8) is 0 Å². The van der Waals surface area contributed by atoms with E-state index in [9.17, 15) is 0 Å². The fourth-order valence-electron chi connectivity index (χ4n) is 1.32. The van der Waals surface area contributed by atoms with Crippen LogP contribution in [-0.2, 0) is 4.74 Å². The molecule has 0 aromatic carbocycles. The molecule has 1 heterocycles. The molecule has 1 fully saturated rings. The molecule has 0 aromatic heterocycles.